The van der Waals surface area contributed by atoms with E-state index in [1.807, 2.05) is 84.9 Å². The van der Waals surface area contributed by atoms with Crippen LogP contribution in [-0.2, 0) is 0 Å². The predicted octanol–water partition coefficient (Wildman–Crippen LogP) is 9.53. The highest BCUT2D eigenvalue weighted by Crippen LogP contribution is 2.30. The molecule has 0 saturated carbocycles. The van der Waals surface area contributed by atoms with Gasteiger partial charge in [0.05, 0.1) is 0 Å². The number of hydrogen-bond acceptors (Lipinski definition) is 5. The van der Waals surface area contributed by atoms with Crippen molar-refractivity contribution in [3.63, 3.8) is 0 Å². The molecule has 0 aliphatic heterocycles. The van der Waals surface area contributed by atoms with Crippen LogP contribution in [0.1, 0.15) is 31.8 Å². The summed E-state index contributed by atoms with van der Waals surface area (Å²) in [6.07, 6.45) is 0. The van der Waals surface area contributed by atoms with Crippen molar-refractivity contribution in [2.75, 3.05) is 0 Å². The van der Waals surface area contributed by atoms with Crippen molar-refractivity contribution in [2.45, 2.75) is 0 Å². The van der Waals surface area contributed by atoms with Crippen LogP contribution in [0.2, 0.25) is 0 Å². The fourth-order valence-corrected chi connectivity index (χ4v) is 4.42. The van der Waals surface area contributed by atoms with Crippen molar-refractivity contribution in [2.24, 2.45) is 0 Å². The first-order valence-electron chi connectivity index (χ1n) is 13.7. The highest BCUT2D eigenvalue weighted by atomic mass is 16.5. The molecule has 43 heavy (non-hydrogen) atoms. The summed E-state index contributed by atoms with van der Waals surface area (Å²) >= 11 is 0. The Labute approximate surface area is 249 Å². The Morgan fingerprint density at radius 2 is 0.488 bits per heavy atom. The van der Waals surface area contributed by atoms with E-state index in [4.69, 9.17) is 14.2 Å². The largest absolute Gasteiger partial charge is 0.457 e. The van der Waals surface area contributed by atoms with E-state index in [1.165, 1.54) is 0 Å². The van der Waals surface area contributed by atoms with Crippen molar-refractivity contribution >= 4 is 11.6 Å². The van der Waals surface area contributed by atoms with Gasteiger partial charge in [-0.1, -0.05) is 60.7 Å². The third-order valence-electron chi connectivity index (χ3n) is 6.66. The summed E-state index contributed by atoms with van der Waals surface area (Å²) in [5.41, 5.74) is 2.51. The Bertz CT molecular complexity index is 1670. The van der Waals surface area contributed by atoms with Crippen molar-refractivity contribution in [1.29, 1.82) is 0 Å². The zero-order valence-corrected chi connectivity index (χ0v) is 23.1. The first-order chi connectivity index (χ1) is 21.1. The van der Waals surface area contributed by atoms with Gasteiger partial charge in [-0.05, 0) is 97.1 Å². The van der Waals surface area contributed by atoms with Crippen molar-refractivity contribution in [1.82, 2.24) is 0 Å². The molecule has 5 nitrogen and oxygen atoms in total. The van der Waals surface area contributed by atoms with Gasteiger partial charge in [-0.2, -0.15) is 0 Å². The smallest absolute Gasteiger partial charge is 0.193 e. The van der Waals surface area contributed by atoms with Gasteiger partial charge in [0.2, 0.25) is 0 Å². The van der Waals surface area contributed by atoms with Gasteiger partial charge in [0.1, 0.15) is 34.5 Å². The summed E-state index contributed by atoms with van der Waals surface area (Å²) in [6, 6.07) is 47.1. The SMILES string of the molecule is O=C(c1ccccc1)c1ccc(Oc2ccc(Oc3ccc(Oc4ccc(C(=O)c5ccccc5)cc4)cc3)cc2)cc1. The fourth-order valence-electron chi connectivity index (χ4n) is 4.42. The van der Waals surface area contributed by atoms with Gasteiger partial charge in [0, 0.05) is 22.3 Å². The van der Waals surface area contributed by atoms with Gasteiger partial charge in [-0.25, -0.2) is 0 Å². The Balaban J connectivity index is 1.02. The van der Waals surface area contributed by atoms with Gasteiger partial charge in [0.25, 0.3) is 0 Å². The van der Waals surface area contributed by atoms with Crippen LogP contribution in [0.25, 0.3) is 0 Å². The summed E-state index contributed by atoms with van der Waals surface area (Å²) < 4.78 is 17.8. The molecule has 0 unspecified atom stereocenters. The minimum atomic E-state index is -0.0286. The molecule has 0 heterocycles. The average molecular weight is 563 g/mol. The number of carbonyl (C=O) groups excluding carboxylic acids is 2. The zero-order chi connectivity index (χ0) is 29.4. The van der Waals surface area contributed by atoms with E-state index in [0.29, 0.717) is 56.8 Å². The van der Waals surface area contributed by atoms with E-state index in [0.717, 1.165) is 0 Å². The Kier molecular flexibility index (Phi) is 8.05. The van der Waals surface area contributed by atoms with E-state index in [-0.39, 0.29) is 11.6 Å². The van der Waals surface area contributed by atoms with Gasteiger partial charge < -0.3 is 14.2 Å². The van der Waals surface area contributed by atoms with Crippen LogP contribution in [0.3, 0.4) is 0 Å². The highest BCUT2D eigenvalue weighted by Gasteiger charge is 2.10. The molecule has 0 aliphatic rings. The lowest BCUT2D eigenvalue weighted by molar-refractivity contribution is 0.103. The summed E-state index contributed by atoms with van der Waals surface area (Å²) in [6.45, 7) is 0. The Morgan fingerprint density at radius 3 is 0.744 bits per heavy atom. The molecule has 6 aromatic rings. The summed E-state index contributed by atoms with van der Waals surface area (Å²) in [5.74, 6) is 3.81. The number of ketones is 2. The van der Waals surface area contributed by atoms with Gasteiger partial charge in [-0.3, -0.25) is 9.59 Å². The number of hydrogen-bond donors (Lipinski definition) is 0. The molecule has 0 aromatic heterocycles. The number of rotatable bonds is 10. The monoisotopic (exact) mass is 562 g/mol. The molecule has 0 amide bonds. The molecule has 0 spiro atoms. The van der Waals surface area contributed by atoms with Crippen LogP contribution in [-0.4, -0.2) is 11.6 Å². The minimum absolute atomic E-state index is 0.0286. The molecular weight excluding hydrogens is 536 g/mol. The molecule has 5 heteroatoms. The fraction of sp³-hybridized carbons (Fsp3) is 0. The molecule has 208 valence electrons. The number of benzene rings is 6. The maximum absolute atomic E-state index is 12.6. The van der Waals surface area contributed by atoms with E-state index < -0.39 is 0 Å². The number of ether oxygens (including phenoxy) is 3. The Hall–Kier alpha value is -5.94. The van der Waals surface area contributed by atoms with E-state index in [1.54, 1.807) is 72.8 Å². The average Bonchev–Trinajstić information content (AvgIpc) is 3.07. The molecular formula is C38H26O5. The Morgan fingerprint density at radius 1 is 0.279 bits per heavy atom. The van der Waals surface area contributed by atoms with Crippen molar-refractivity contribution in [3.05, 3.63) is 180 Å². The quantitative estimate of drug-likeness (QED) is 0.156. The molecule has 0 bridgehead atoms. The van der Waals surface area contributed by atoms with Crippen molar-refractivity contribution < 1.29 is 23.8 Å². The summed E-state index contributed by atoms with van der Waals surface area (Å²) in [7, 11) is 0. The van der Waals surface area contributed by atoms with Crippen molar-refractivity contribution in [3.8, 4) is 34.5 Å². The van der Waals surface area contributed by atoms with E-state index in [2.05, 4.69) is 0 Å². The highest BCUT2D eigenvalue weighted by molar-refractivity contribution is 6.09. The van der Waals surface area contributed by atoms with Gasteiger partial charge in [0.15, 0.2) is 11.6 Å². The first-order valence-corrected chi connectivity index (χ1v) is 13.7. The van der Waals surface area contributed by atoms with Gasteiger partial charge in [-0.15, -0.1) is 0 Å². The number of carbonyl (C=O) groups is 2. The van der Waals surface area contributed by atoms with Crippen LogP contribution in [0.4, 0.5) is 0 Å². The minimum Gasteiger partial charge on any atom is -0.457 e. The summed E-state index contributed by atoms with van der Waals surface area (Å²) in [5, 5.41) is 0. The molecule has 0 N–H and O–H groups in total. The second-order valence-electron chi connectivity index (χ2n) is 9.69. The molecule has 6 rings (SSSR count). The summed E-state index contributed by atoms with van der Waals surface area (Å²) in [4.78, 5) is 25.2. The van der Waals surface area contributed by atoms with E-state index in [9.17, 15) is 9.59 Å². The molecule has 0 radical (unpaired) electrons. The predicted molar refractivity (Wildman–Crippen MR) is 166 cm³/mol. The standard InChI is InChI=1S/C38H26O5/c39-37(27-7-3-1-4-8-27)29-11-15-31(16-12-29)41-33-19-23-35(24-20-33)43-36-25-21-34(22-26-36)42-32-17-13-30(14-18-32)38(40)28-9-5-2-6-10-28/h1-26H. The van der Waals surface area contributed by atoms with Gasteiger partial charge >= 0.3 is 0 Å². The third kappa shape index (κ3) is 6.87. The van der Waals surface area contributed by atoms with Crippen LogP contribution < -0.4 is 14.2 Å². The molecule has 6 aromatic carbocycles. The lowest BCUT2D eigenvalue weighted by Crippen LogP contribution is -2.00. The normalized spacial score (nSPS) is 10.5. The first kappa shape index (κ1) is 27.2. The maximum Gasteiger partial charge on any atom is 0.193 e. The van der Waals surface area contributed by atoms with Crippen LogP contribution in [0, 0.1) is 0 Å². The molecule has 0 aliphatic carbocycles. The lowest BCUT2D eigenvalue weighted by atomic mass is 10.0. The molecule has 0 saturated heterocycles. The van der Waals surface area contributed by atoms with E-state index >= 15 is 0 Å². The maximum atomic E-state index is 12.6. The van der Waals surface area contributed by atoms with Crippen LogP contribution in [0.5, 0.6) is 34.5 Å². The second-order valence-corrected chi connectivity index (χ2v) is 9.69. The zero-order valence-electron chi connectivity index (χ0n) is 23.1. The lowest BCUT2D eigenvalue weighted by Gasteiger charge is -2.10. The van der Waals surface area contributed by atoms with Crippen LogP contribution in [0.15, 0.2) is 158 Å². The molecule has 0 fully saturated rings. The third-order valence-corrected chi connectivity index (χ3v) is 6.66. The topological polar surface area (TPSA) is 61.8 Å². The second kappa shape index (κ2) is 12.7. The van der Waals surface area contributed by atoms with Crippen LogP contribution >= 0.6 is 0 Å². The molecule has 0 atom stereocenters.